The number of nitriles is 1. The van der Waals surface area contributed by atoms with Gasteiger partial charge in [0.15, 0.2) is 0 Å². The average Bonchev–Trinajstić information content (AvgIpc) is 2.70. The van der Waals surface area contributed by atoms with Crippen LogP contribution in [0.4, 0.5) is 5.69 Å². The van der Waals surface area contributed by atoms with Gasteiger partial charge in [0, 0.05) is 12.6 Å². The lowest BCUT2D eigenvalue weighted by Gasteiger charge is -2.19. The Morgan fingerprint density at radius 2 is 2.26 bits per heavy atom. The fourth-order valence-corrected chi connectivity index (χ4v) is 2.55. The standard InChI is InChI=1S/C14H16ClN3O/c1-9(2)17-12-5-6-18(14(12)19)13-4-3-10(8-16)7-11(13)15/h3-4,7,9,12,17H,5-6H2,1-2H3. The number of hydrogen-bond acceptors (Lipinski definition) is 3. The molecule has 1 N–H and O–H groups in total. The quantitative estimate of drug-likeness (QED) is 0.922. The van der Waals surface area contributed by atoms with Gasteiger partial charge in [-0.2, -0.15) is 5.26 Å². The summed E-state index contributed by atoms with van der Waals surface area (Å²) in [6.07, 6.45) is 0.771. The van der Waals surface area contributed by atoms with E-state index in [9.17, 15) is 4.79 Å². The second-order valence-corrected chi connectivity index (χ2v) is 5.34. The average molecular weight is 278 g/mol. The first-order valence-corrected chi connectivity index (χ1v) is 6.68. The molecule has 1 atom stereocenters. The van der Waals surface area contributed by atoms with Crippen LogP contribution in [0.25, 0.3) is 0 Å². The number of carbonyl (C=O) groups is 1. The monoisotopic (exact) mass is 277 g/mol. The number of hydrogen-bond donors (Lipinski definition) is 1. The fourth-order valence-electron chi connectivity index (χ4n) is 2.27. The molecule has 0 aromatic heterocycles. The summed E-state index contributed by atoms with van der Waals surface area (Å²) < 4.78 is 0. The van der Waals surface area contributed by atoms with Gasteiger partial charge in [-0.05, 0) is 24.6 Å². The molecule has 0 saturated carbocycles. The largest absolute Gasteiger partial charge is 0.310 e. The van der Waals surface area contributed by atoms with Crippen molar-refractivity contribution in [3.63, 3.8) is 0 Å². The van der Waals surface area contributed by atoms with E-state index in [0.29, 0.717) is 22.8 Å². The van der Waals surface area contributed by atoms with E-state index in [1.807, 2.05) is 19.9 Å². The highest BCUT2D eigenvalue weighted by Gasteiger charge is 2.33. The van der Waals surface area contributed by atoms with E-state index in [-0.39, 0.29) is 18.0 Å². The molecule has 1 fully saturated rings. The van der Waals surface area contributed by atoms with Gasteiger partial charge in [0.1, 0.15) is 0 Å². The summed E-state index contributed by atoms with van der Waals surface area (Å²) in [7, 11) is 0. The summed E-state index contributed by atoms with van der Waals surface area (Å²) in [6, 6.07) is 7.16. The van der Waals surface area contributed by atoms with Crippen molar-refractivity contribution >= 4 is 23.2 Å². The summed E-state index contributed by atoms with van der Waals surface area (Å²) in [6.45, 7) is 4.68. The first-order chi connectivity index (χ1) is 9.02. The van der Waals surface area contributed by atoms with Gasteiger partial charge in [-0.15, -0.1) is 0 Å². The number of benzene rings is 1. The minimum Gasteiger partial charge on any atom is -0.310 e. The lowest BCUT2D eigenvalue weighted by atomic mass is 10.2. The van der Waals surface area contributed by atoms with Crippen LogP contribution >= 0.6 is 11.6 Å². The van der Waals surface area contributed by atoms with Crippen molar-refractivity contribution in [3.05, 3.63) is 28.8 Å². The Labute approximate surface area is 118 Å². The third kappa shape index (κ3) is 2.89. The van der Waals surface area contributed by atoms with Gasteiger partial charge < -0.3 is 10.2 Å². The molecule has 1 heterocycles. The Morgan fingerprint density at radius 3 is 2.84 bits per heavy atom. The molecule has 4 nitrogen and oxygen atoms in total. The summed E-state index contributed by atoms with van der Waals surface area (Å²) in [5, 5.41) is 12.5. The topological polar surface area (TPSA) is 56.1 Å². The maximum absolute atomic E-state index is 12.3. The van der Waals surface area contributed by atoms with Crippen LogP contribution in [0.3, 0.4) is 0 Å². The van der Waals surface area contributed by atoms with Gasteiger partial charge in [0.05, 0.1) is 28.4 Å². The van der Waals surface area contributed by atoms with E-state index in [1.54, 1.807) is 23.1 Å². The normalized spacial score (nSPS) is 19.0. The number of anilines is 1. The molecule has 1 aromatic rings. The summed E-state index contributed by atoms with van der Waals surface area (Å²) >= 11 is 6.14. The second kappa shape index (κ2) is 5.60. The highest BCUT2D eigenvalue weighted by molar-refractivity contribution is 6.34. The van der Waals surface area contributed by atoms with Crippen molar-refractivity contribution in [3.8, 4) is 6.07 Å². The number of halogens is 1. The third-order valence-electron chi connectivity index (χ3n) is 3.11. The zero-order valence-electron chi connectivity index (χ0n) is 11.0. The maximum Gasteiger partial charge on any atom is 0.244 e. The molecule has 1 unspecified atom stereocenters. The zero-order valence-corrected chi connectivity index (χ0v) is 11.7. The lowest BCUT2D eigenvalue weighted by Crippen LogP contribution is -2.41. The number of amides is 1. The minimum atomic E-state index is -0.147. The molecule has 1 aliphatic heterocycles. The molecule has 1 amide bonds. The predicted molar refractivity (Wildman–Crippen MR) is 75.2 cm³/mol. The lowest BCUT2D eigenvalue weighted by molar-refractivity contribution is -0.118. The van der Waals surface area contributed by atoms with Crippen molar-refractivity contribution in [2.24, 2.45) is 0 Å². The first-order valence-electron chi connectivity index (χ1n) is 6.30. The number of nitrogens with one attached hydrogen (secondary N) is 1. The molecule has 1 aromatic carbocycles. The van der Waals surface area contributed by atoms with Crippen LogP contribution < -0.4 is 10.2 Å². The highest BCUT2D eigenvalue weighted by Crippen LogP contribution is 2.30. The van der Waals surface area contributed by atoms with Crippen molar-refractivity contribution in [1.82, 2.24) is 5.32 Å². The third-order valence-corrected chi connectivity index (χ3v) is 3.41. The van der Waals surface area contributed by atoms with Crippen LogP contribution in [-0.4, -0.2) is 24.5 Å². The van der Waals surface area contributed by atoms with Crippen molar-refractivity contribution in [2.45, 2.75) is 32.4 Å². The van der Waals surface area contributed by atoms with E-state index in [1.165, 1.54) is 0 Å². The number of rotatable bonds is 3. The SMILES string of the molecule is CC(C)NC1CCN(c2ccc(C#N)cc2Cl)C1=O. The van der Waals surface area contributed by atoms with Crippen molar-refractivity contribution < 1.29 is 4.79 Å². The molecule has 1 saturated heterocycles. The molecular formula is C14H16ClN3O. The Morgan fingerprint density at radius 1 is 1.53 bits per heavy atom. The Hall–Kier alpha value is -1.57. The minimum absolute atomic E-state index is 0.0420. The van der Waals surface area contributed by atoms with E-state index < -0.39 is 0 Å². The van der Waals surface area contributed by atoms with Gasteiger partial charge >= 0.3 is 0 Å². The molecule has 5 heteroatoms. The van der Waals surface area contributed by atoms with Crippen LogP contribution in [0.15, 0.2) is 18.2 Å². The Bertz CT molecular complexity index is 536. The predicted octanol–water partition coefficient (Wildman–Crippen LogP) is 2.31. The second-order valence-electron chi connectivity index (χ2n) is 4.93. The summed E-state index contributed by atoms with van der Waals surface area (Å²) in [5.41, 5.74) is 1.18. The van der Waals surface area contributed by atoms with Crippen molar-refractivity contribution in [1.29, 1.82) is 5.26 Å². The van der Waals surface area contributed by atoms with E-state index in [0.717, 1.165) is 6.42 Å². The fraction of sp³-hybridized carbons (Fsp3) is 0.429. The van der Waals surface area contributed by atoms with Crippen LogP contribution in [0.5, 0.6) is 0 Å². The molecule has 0 spiro atoms. The van der Waals surface area contributed by atoms with Crippen LogP contribution in [0, 0.1) is 11.3 Å². The van der Waals surface area contributed by atoms with Crippen molar-refractivity contribution in [2.75, 3.05) is 11.4 Å². The summed E-state index contributed by atoms with van der Waals surface area (Å²) in [5.74, 6) is 0.0420. The molecule has 0 bridgehead atoms. The molecule has 0 aliphatic carbocycles. The smallest absolute Gasteiger partial charge is 0.244 e. The van der Waals surface area contributed by atoms with Gasteiger partial charge in [0.25, 0.3) is 0 Å². The molecule has 100 valence electrons. The van der Waals surface area contributed by atoms with Crippen LogP contribution in [0.1, 0.15) is 25.8 Å². The summed E-state index contributed by atoms with van der Waals surface area (Å²) in [4.78, 5) is 14.0. The molecule has 2 rings (SSSR count). The number of nitrogens with zero attached hydrogens (tertiary/aromatic N) is 2. The van der Waals surface area contributed by atoms with Crippen LogP contribution in [0.2, 0.25) is 5.02 Å². The van der Waals surface area contributed by atoms with Gasteiger partial charge in [-0.1, -0.05) is 25.4 Å². The Kier molecular flexibility index (Phi) is 4.08. The molecule has 19 heavy (non-hydrogen) atoms. The molecule has 1 aliphatic rings. The van der Waals surface area contributed by atoms with E-state index >= 15 is 0 Å². The van der Waals surface area contributed by atoms with Crippen LogP contribution in [-0.2, 0) is 4.79 Å². The van der Waals surface area contributed by atoms with Gasteiger partial charge in [-0.3, -0.25) is 4.79 Å². The molecule has 0 radical (unpaired) electrons. The number of carbonyl (C=O) groups excluding carboxylic acids is 1. The maximum atomic E-state index is 12.3. The Balaban J connectivity index is 2.20. The van der Waals surface area contributed by atoms with Gasteiger partial charge in [0.2, 0.25) is 5.91 Å². The zero-order chi connectivity index (χ0) is 14.0. The van der Waals surface area contributed by atoms with E-state index in [2.05, 4.69) is 5.32 Å². The first kappa shape index (κ1) is 13.9. The van der Waals surface area contributed by atoms with E-state index in [4.69, 9.17) is 16.9 Å². The van der Waals surface area contributed by atoms with Gasteiger partial charge in [-0.25, -0.2) is 0 Å². The molecular weight excluding hydrogens is 262 g/mol. The highest BCUT2D eigenvalue weighted by atomic mass is 35.5.